The van der Waals surface area contributed by atoms with Crippen molar-refractivity contribution in [3.8, 4) is 12.1 Å². The molecule has 1 heterocycles. The number of rotatable bonds is 1. The number of hydrogen-bond donors (Lipinski definition) is 0. The molecule has 0 atom stereocenters. The molecule has 0 bridgehead atoms. The summed E-state index contributed by atoms with van der Waals surface area (Å²) in [6.07, 6.45) is 0. The fraction of sp³-hybridized carbons (Fsp3) is 0.273. The summed E-state index contributed by atoms with van der Waals surface area (Å²) in [4.78, 5) is 2.03. The van der Waals surface area contributed by atoms with E-state index in [4.69, 9.17) is 15.3 Å². The minimum atomic E-state index is 0.418. The number of nitriles is 2. The second-order valence-corrected chi connectivity index (χ2v) is 3.25. The molecule has 1 aliphatic rings. The Morgan fingerprint density at radius 2 is 2.00 bits per heavy atom. The molecule has 15 heavy (non-hydrogen) atoms. The van der Waals surface area contributed by atoms with Crippen LogP contribution in [0.15, 0.2) is 18.2 Å². The van der Waals surface area contributed by atoms with Crippen molar-refractivity contribution in [2.24, 2.45) is 0 Å². The topological polar surface area (TPSA) is 60.1 Å². The van der Waals surface area contributed by atoms with E-state index in [9.17, 15) is 0 Å². The van der Waals surface area contributed by atoms with Crippen molar-refractivity contribution in [3.63, 3.8) is 0 Å². The van der Waals surface area contributed by atoms with Crippen LogP contribution < -0.4 is 4.90 Å². The van der Waals surface area contributed by atoms with Crippen LogP contribution in [0.1, 0.15) is 11.1 Å². The van der Waals surface area contributed by atoms with Crippen LogP contribution in [0.2, 0.25) is 0 Å². The van der Waals surface area contributed by atoms with Gasteiger partial charge >= 0.3 is 0 Å². The van der Waals surface area contributed by atoms with Gasteiger partial charge in [0.05, 0.1) is 17.7 Å². The summed E-state index contributed by atoms with van der Waals surface area (Å²) < 4.78 is 5.22. The maximum absolute atomic E-state index is 8.87. The lowest BCUT2D eigenvalue weighted by molar-refractivity contribution is 0.201. The Hall–Kier alpha value is -2.04. The molecule has 1 saturated heterocycles. The summed E-state index contributed by atoms with van der Waals surface area (Å²) in [7, 11) is 0. The number of hydrogen-bond acceptors (Lipinski definition) is 4. The van der Waals surface area contributed by atoms with Crippen molar-refractivity contribution in [1.29, 1.82) is 10.5 Å². The van der Waals surface area contributed by atoms with E-state index in [1.807, 2.05) is 23.1 Å². The van der Waals surface area contributed by atoms with Crippen molar-refractivity contribution >= 4 is 5.69 Å². The van der Waals surface area contributed by atoms with E-state index in [2.05, 4.69) is 0 Å². The maximum atomic E-state index is 8.87. The third-order valence-electron chi connectivity index (χ3n) is 2.36. The molecule has 0 unspecified atom stereocenters. The zero-order valence-corrected chi connectivity index (χ0v) is 8.10. The van der Waals surface area contributed by atoms with Gasteiger partial charge in [0.25, 0.3) is 0 Å². The smallest absolute Gasteiger partial charge is 0.119 e. The molecule has 0 N–H and O–H groups in total. The fourth-order valence-electron chi connectivity index (χ4n) is 1.54. The van der Waals surface area contributed by atoms with Gasteiger partial charge in [-0.05, 0) is 18.2 Å². The van der Waals surface area contributed by atoms with Gasteiger partial charge in [-0.2, -0.15) is 10.5 Å². The minimum Gasteiger partial charge on any atom is -0.359 e. The molecular formula is C11H9N3O. The van der Waals surface area contributed by atoms with Crippen LogP contribution in [0.3, 0.4) is 0 Å². The first-order valence-corrected chi connectivity index (χ1v) is 4.62. The van der Waals surface area contributed by atoms with E-state index < -0.39 is 0 Å². The van der Waals surface area contributed by atoms with Gasteiger partial charge in [0.2, 0.25) is 0 Å². The lowest BCUT2D eigenvalue weighted by atomic mass is 10.1. The van der Waals surface area contributed by atoms with Crippen molar-refractivity contribution in [2.75, 3.05) is 24.8 Å². The number of anilines is 1. The third-order valence-corrected chi connectivity index (χ3v) is 2.36. The summed E-state index contributed by atoms with van der Waals surface area (Å²) >= 11 is 0. The van der Waals surface area contributed by atoms with E-state index in [0.29, 0.717) is 24.5 Å². The van der Waals surface area contributed by atoms with E-state index in [1.165, 1.54) is 0 Å². The highest BCUT2D eigenvalue weighted by Crippen LogP contribution is 2.20. The van der Waals surface area contributed by atoms with E-state index in [1.54, 1.807) is 12.1 Å². The summed E-state index contributed by atoms with van der Waals surface area (Å²) in [6, 6.07) is 9.26. The van der Waals surface area contributed by atoms with Gasteiger partial charge in [-0.25, -0.2) is 0 Å². The first kappa shape index (κ1) is 9.51. The van der Waals surface area contributed by atoms with E-state index in [0.717, 1.165) is 12.2 Å². The SMILES string of the molecule is N#Cc1ccc(N2CCOC2)cc1C#N. The fourth-order valence-corrected chi connectivity index (χ4v) is 1.54. The lowest BCUT2D eigenvalue weighted by Crippen LogP contribution is -2.18. The number of ether oxygens (including phenoxy) is 1. The van der Waals surface area contributed by atoms with Gasteiger partial charge in [-0.3, -0.25) is 0 Å². The second kappa shape index (κ2) is 4.00. The molecule has 74 valence electrons. The van der Waals surface area contributed by atoms with Gasteiger partial charge in [0, 0.05) is 12.2 Å². The molecule has 1 aliphatic heterocycles. The zero-order valence-electron chi connectivity index (χ0n) is 8.10. The highest BCUT2D eigenvalue weighted by Gasteiger charge is 2.13. The molecule has 0 spiro atoms. The van der Waals surface area contributed by atoms with Gasteiger partial charge < -0.3 is 9.64 Å². The molecule has 4 heteroatoms. The van der Waals surface area contributed by atoms with Crippen LogP contribution in [0.25, 0.3) is 0 Å². The van der Waals surface area contributed by atoms with Crippen LogP contribution in [0.5, 0.6) is 0 Å². The number of nitrogens with zero attached hydrogens (tertiary/aromatic N) is 3. The summed E-state index contributed by atoms with van der Waals surface area (Å²) in [5.74, 6) is 0. The predicted molar refractivity (Wildman–Crippen MR) is 54.0 cm³/mol. The Balaban J connectivity index is 2.36. The van der Waals surface area contributed by atoms with Crippen LogP contribution in [-0.4, -0.2) is 19.9 Å². The monoisotopic (exact) mass is 199 g/mol. The van der Waals surface area contributed by atoms with Crippen molar-refractivity contribution in [3.05, 3.63) is 29.3 Å². The molecule has 0 amide bonds. The summed E-state index contributed by atoms with van der Waals surface area (Å²) in [5.41, 5.74) is 1.77. The van der Waals surface area contributed by atoms with Gasteiger partial charge in [0.15, 0.2) is 0 Å². The standard InChI is InChI=1S/C11H9N3O/c12-6-9-1-2-11(5-10(9)7-13)14-3-4-15-8-14/h1-2,5H,3-4,8H2. The molecule has 1 aromatic rings. The maximum Gasteiger partial charge on any atom is 0.119 e. The highest BCUT2D eigenvalue weighted by molar-refractivity contribution is 5.57. The van der Waals surface area contributed by atoms with Crippen molar-refractivity contribution < 1.29 is 4.74 Å². The van der Waals surface area contributed by atoms with Gasteiger partial charge in [-0.1, -0.05) is 0 Å². The molecule has 0 saturated carbocycles. The Morgan fingerprint density at radius 1 is 1.20 bits per heavy atom. The van der Waals surface area contributed by atoms with Crippen LogP contribution in [0.4, 0.5) is 5.69 Å². The van der Waals surface area contributed by atoms with E-state index in [-0.39, 0.29) is 0 Å². The Kier molecular flexibility index (Phi) is 2.53. The molecule has 0 aliphatic carbocycles. The average molecular weight is 199 g/mol. The average Bonchev–Trinajstić information content (AvgIpc) is 2.81. The first-order chi connectivity index (χ1) is 7.35. The highest BCUT2D eigenvalue weighted by atomic mass is 16.5. The van der Waals surface area contributed by atoms with Crippen LogP contribution in [0, 0.1) is 22.7 Å². The Morgan fingerprint density at radius 3 is 2.60 bits per heavy atom. The number of benzene rings is 1. The van der Waals surface area contributed by atoms with Crippen LogP contribution >= 0.6 is 0 Å². The van der Waals surface area contributed by atoms with Crippen molar-refractivity contribution in [1.82, 2.24) is 0 Å². The largest absolute Gasteiger partial charge is 0.359 e. The zero-order chi connectivity index (χ0) is 10.7. The van der Waals surface area contributed by atoms with Gasteiger partial charge in [0.1, 0.15) is 18.9 Å². The Labute approximate surface area is 87.9 Å². The molecule has 1 fully saturated rings. The second-order valence-electron chi connectivity index (χ2n) is 3.25. The Bertz CT molecular complexity index is 450. The quantitative estimate of drug-likeness (QED) is 0.682. The third kappa shape index (κ3) is 1.76. The minimum absolute atomic E-state index is 0.418. The molecule has 2 rings (SSSR count). The molecule has 0 radical (unpaired) electrons. The summed E-state index contributed by atoms with van der Waals surface area (Å²) in [6.45, 7) is 2.09. The lowest BCUT2D eigenvalue weighted by Gasteiger charge is -2.15. The predicted octanol–water partition coefficient (Wildman–Crippen LogP) is 1.22. The molecule has 0 aromatic heterocycles. The molecule has 4 nitrogen and oxygen atoms in total. The van der Waals surface area contributed by atoms with Gasteiger partial charge in [-0.15, -0.1) is 0 Å². The van der Waals surface area contributed by atoms with Crippen molar-refractivity contribution in [2.45, 2.75) is 0 Å². The van der Waals surface area contributed by atoms with E-state index >= 15 is 0 Å². The summed E-state index contributed by atoms with van der Waals surface area (Å²) in [5, 5.41) is 17.6. The molecular weight excluding hydrogens is 190 g/mol. The van der Waals surface area contributed by atoms with Crippen LogP contribution in [-0.2, 0) is 4.74 Å². The first-order valence-electron chi connectivity index (χ1n) is 4.62. The molecule has 1 aromatic carbocycles. The normalized spacial score (nSPS) is 14.7.